The summed E-state index contributed by atoms with van der Waals surface area (Å²) < 4.78 is 0. The predicted molar refractivity (Wildman–Crippen MR) is 58.9 cm³/mol. The molecule has 1 aromatic rings. The molecule has 72 valence electrons. The number of anilines is 2. The number of likely N-dealkylation sites (N-methyl/N-ethyl adjacent to an activating group) is 1. The van der Waals surface area contributed by atoms with Gasteiger partial charge in [0.15, 0.2) is 7.85 Å². The quantitative estimate of drug-likeness (QED) is 0.539. The van der Waals surface area contributed by atoms with Crippen molar-refractivity contribution in [2.24, 2.45) is 0 Å². The number of rotatable bonds is 0. The SMILES string of the molecule is Bc1ccc2c(n1)N[C@H](C)C(=O)N2C. The Morgan fingerprint density at radius 2 is 2.29 bits per heavy atom. The first-order chi connectivity index (χ1) is 6.59. The molecule has 1 aliphatic heterocycles. The van der Waals surface area contributed by atoms with Gasteiger partial charge in [0.25, 0.3) is 0 Å². The molecule has 2 heterocycles. The molecule has 14 heavy (non-hydrogen) atoms. The van der Waals surface area contributed by atoms with E-state index in [4.69, 9.17) is 0 Å². The molecule has 0 bridgehead atoms. The summed E-state index contributed by atoms with van der Waals surface area (Å²) in [6.07, 6.45) is 0. The third-order valence-corrected chi connectivity index (χ3v) is 2.43. The summed E-state index contributed by atoms with van der Waals surface area (Å²) in [6.45, 7) is 1.84. The molecule has 0 radical (unpaired) electrons. The van der Waals surface area contributed by atoms with E-state index in [9.17, 15) is 4.79 Å². The van der Waals surface area contributed by atoms with Crippen molar-refractivity contribution in [3.05, 3.63) is 12.1 Å². The molecule has 0 unspecified atom stereocenters. The van der Waals surface area contributed by atoms with Gasteiger partial charge in [-0.1, -0.05) is 0 Å². The molecule has 4 nitrogen and oxygen atoms in total. The van der Waals surface area contributed by atoms with E-state index < -0.39 is 0 Å². The minimum absolute atomic E-state index is 0.0724. The van der Waals surface area contributed by atoms with Crippen LogP contribution in [0.25, 0.3) is 0 Å². The summed E-state index contributed by atoms with van der Waals surface area (Å²) in [5.41, 5.74) is 1.80. The molecule has 1 atom stereocenters. The van der Waals surface area contributed by atoms with E-state index in [0.717, 1.165) is 17.1 Å². The summed E-state index contributed by atoms with van der Waals surface area (Å²) in [5, 5.41) is 3.08. The van der Waals surface area contributed by atoms with Gasteiger partial charge in [-0.3, -0.25) is 4.79 Å². The molecule has 5 heteroatoms. The Morgan fingerprint density at radius 1 is 1.57 bits per heavy atom. The van der Waals surface area contributed by atoms with Crippen molar-refractivity contribution in [2.45, 2.75) is 13.0 Å². The second-order valence-electron chi connectivity index (χ2n) is 3.58. The number of nitrogens with one attached hydrogen (secondary N) is 1. The van der Waals surface area contributed by atoms with Gasteiger partial charge in [-0.05, 0) is 24.6 Å². The predicted octanol–water partition coefficient (Wildman–Crippen LogP) is -0.883. The van der Waals surface area contributed by atoms with Crippen LogP contribution in [0.4, 0.5) is 11.5 Å². The smallest absolute Gasteiger partial charge is 0.249 e. The first kappa shape index (κ1) is 9.06. The second kappa shape index (κ2) is 3.01. The lowest BCUT2D eigenvalue weighted by Crippen LogP contribution is -2.44. The van der Waals surface area contributed by atoms with Crippen molar-refractivity contribution in [1.29, 1.82) is 0 Å². The van der Waals surface area contributed by atoms with Crippen molar-refractivity contribution >= 4 is 30.9 Å². The molecule has 1 N–H and O–H groups in total. The number of pyridine rings is 1. The summed E-state index contributed by atoms with van der Waals surface area (Å²) in [6, 6.07) is 3.62. The van der Waals surface area contributed by atoms with Crippen molar-refractivity contribution in [2.75, 3.05) is 17.3 Å². The lowest BCUT2D eigenvalue weighted by Gasteiger charge is -2.30. The summed E-state index contributed by atoms with van der Waals surface area (Å²) in [4.78, 5) is 17.6. The van der Waals surface area contributed by atoms with Crippen LogP contribution in [-0.2, 0) is 4.79 Å². The average molecular weight is 189 g/mol. The van der Waals surface area contributed by atoms with Crippen LogP contribution in [0, 0.1) is 0 Å². The van der Waals surface area contributed by atoms with Crippen LogP contribution in [-0.4, -0.2) is 31.8 Å². The van der Waals surface area contributed by atoms with Crippen LogP contribution in [0.3, 0.4) is 0 Å². The first-order valence-corrected chi connectivity index (χ1v) is 4.61. The zero-order valence-corrected chi connectivity index (χ0v) is 8.53. The molecular formula is C9H12BN3O. The van der Waals surface area contributed by atoms with Gasteiger partial charge >= 0.3 is 0 Å². The molecule has 0 aromatic carbocycles. The van der Waals surface area contributed by atoms with Gasteiger partial charge in [0, 0.05) is 7.05 Å². The molecule has 1 amide bonds. The molecule has 0 aliphatic carbocycles. The van der Waals surface area contributed by atoms with E-state index in [1.807, 2.05) is 26.9 Å². The maximum absolute atomic E-state index is 11.6. The lowest BCUT2D eigenvalue weighted by atomic mass is 10.0. The molecule has 0 spiro atoms. The van der Waals surface area contributed by atoms with Crippen LogP contribution in [0.15, 0.2) is 12.1 Å². The highest BCUT2D eigenvalue weighted by Crippen LogP contribution is 2.26. The van der Waals surface area contributed by atoms with E-state index in [1.165, 1.54) is 0 Å². The Morgan fingerprint density at radius 3 is 3.00 bits per heavy atom. The maximum Gasteiger partial charge on any atom is 0.249 e. The zero-order valence-electron chi connectivity index (χ0n) is 8.53. The fourth-order valence-corrected chi connectivity index (χ4v) is 1.60. The number of hydrogen-bond acceptors (Lipinski definition) is 3. The topological polar surface area (TPSA) is 45.2 Å². The molecule has 1 aliphatic rings. The van der Waals surface area contributed by atoms with Crippen LogP contribution in [0.5, 0.6) is 0 Å². The van der Waals surface area contributed by atoms with Crippen LogP contribution >= 0.6 is 0 Å². The number of aromatic nitrogens is 1. The largest absolute Gasteiger partial charge is 0.357 e. The van der Waals surface area contributed by atoms with Gasteiger partial charge in [-0.2, -0.15) is 0 Å². The monoisotopic (exact) mass is 189 g/mol. The molecule has 0 saturated heterocycles. The van der Waals surface area contributed by atoms with Crippen molar-refractivity contribution in [3.8, 4) is 0 Å². The van der Waals surface area contributed by atoms with Crippen molar-refractivity contribution in [1.82, 2.24) is 4.98 Å². The summed E-state index contributed by atoms with van der Waals surface area (Å²) >= 11 is 0. The van der Waals surface area contributed by atoms with Crippen molar-refractivity contribution in [3.63, 3.8) is 0 Å². The number of fused-ring (bicyclic) bond motifs is 1. The molecule has 0 fully saturated rings. The fourth-order valence-electron chi connectivity index (χ4n) is 1.60. The van der Waals surface area contributed by atoms with E-state index in [0.29, 0.717) is 0 Å². The minimum Gasteiger partial charge on any atom is -0.357 e. The van der Waals surface area contributed by atoms with Gasteiger partial charge in [0.2, 0.25) is 5.91 Å². The molecular weight excluding hydrogens is 177 g/mol. The van der Waals surface area contributed by atoms with E-state index in [2.05, 4.69) is 10.3 Å². The van der Waals surface area contributed by atoms with Gasteiger partial charge < -0.3 is 10.2 Å². The Kier molecular flexibility index (Phi) is 1.95. The number of nitrogens with zero attached hydrogens (tertiary/aromatic N) is 2. The van der Waals surface area contributed by atoms with Crippen LogP contribution in [0.2, 0.25) is 0 Å². The Bertz CT molecular complexity index is 394. The van der Waals surface area contributed by atoms with Gasteiger partial charge in [-0.25, -0.2) is 4.98 Å². The first-order valence-electron chi connectivity index (χ1n) is 4.61. The normalized spacial score (nSPS) is 20.3. The third kappa shape index (κ3) is 1.25. The lowest BCUT2D eigenvalue weighted by molar-refractivity contribution is -0.118. The van der Waals surface area contributed by atoms with E-state index in [-0.39, 0.29) is 11.9 Å². The highest BCUT2D eigenvalue weighted by atomic mass is 16.2. The minimum atomic E-state index is -0.193. The van der Waals surface area contributed by atoms with Gasteiger partial charge in [0.05, 0.1) is 5.69 Å². The average Bonchev–Trinajstić information content (AvgIpc) is 2.14. The number of hydrogen-bond donors (Lipinski definition) is 1. The second-order valence-corrected chi connectivity index (χ2v) is 3.58. The highest BCUT2D eigenvalue weighted by Gasteiger charge is 2.27. The standard InChI is InChI=1S/C9H12BN3O/c1-5-9(14)13(2)6-3-4-7(10)12-8(6)11-5/h3-5H,10H2,1-2H3,(H,11,12)/t5-/m1/s1. The zero-order chi connectivity index (χ0) is 10.3. The van der Waals surface area contributed by atoms with Crippen LogP contribution in [0.1, 0.15) is 6.92 Å². The molecule has 0 saturated carbocycles. The Hall–Kier alpha value is -1.52. The maximum atomic E-state index is 11.6. The van der Waals surface area contributed by atoms with Crippen molar-refractivity contribution < 1.29 is 4.79 Å². The Labute approximate surface area is 83.7 Å². The van der Waals surface area contributed by atoms with Crippen LogP contribution < -0.4 is 15.8 Å². The van der Waals surface area contributed by atoms with E-state index in [1.54, 1.807) is 11.9 Å². The summed E-state index contributed by atoms with van der Waals surface area (Å²) in [7, 11) is 3.71. The molecule has 1 aromatic heterocycles. The number of carbonyl (C=O) groups excluding carboxylic acids is 1. The summed E-state index contributed by atoms with van der Waals surface area (Å²) in [5.74, 6) is 0.864. The number of amides is 1. The highest BCUT2D eigenvalue weighted by molar-refractivity contribution is 6.31. The van der Waals surface area contributed by atoms with Gasteiger partial charge in [0.1, 0.15) is 11.9 Å². The third-order valence-electron chi connectivity index (χ3n) is 2.43. The fraction of sp³-hybridized carbons (Fsp3) is 0.333. The van der Waals surface area contributed by atoms with E-state index >= 15 is 0 Å². The number of carbonyl (C=O) groups is 1. The Balaban J connectivity index is 2.50. The van der Waals surface area contributed by atoms with Gasteiger partial charge in [-0.15, -0.1) is 0 Å². The molecule has 2 rings (SSSR count).